The smallest absolute Gasteiger partial charge is 0.220 e. The molecule has 0 aromatic rings. The normalized spacial score (nSPS) is 31.6. The van der Waals surface area contributed by atoms with Crippen molar-refractivity contribution in [2.75, 3.05) is 26.4 Å². The van der Waals surface area contributed by atoms with E-state index in [2.05, 4.69) is 55.6 Å². The van der Waals surface area contributed by atoms with Gasteiger partial charge in [-0.1, -0.05) is 152 Å². The van der Waals surface area contributed by atoms with Gasteiger partial charge >= 0.3 is 0 Å². The molecule has 3 saturated heterocycles. The molecule has 19 heteroatoms. The number of allylic oxidation sites excluding steroid dienone is 7. The van der Waals surface area contributed by atoms with Gasteiger partial charge in [-0.2, -0.15) is 0 Å². The third kappa shape index (κ3) is 24.8. The van der Waals surface area contributed by atoms with Crippen LogP contribution in [-0.4, -0.2) is 193 Å². The van der Waals surface area contributed by atoms with Crippen LogP contribution in [0.5, 0.6) is 0 Å². The summed E-state index contributed by atoms with van der Waals surface area (Å²) in [5.41, 5.74) is 0. The summed E-state index contributed by atoms with van der Waals surface area (Å²) in [6.45, 7) is 1.55. The predicted molar refractivity (Wildman–Crippen MR) is 282 cm³/mol. The lowest BCUT2D eigenvalue weighted by Gasteiger charge is -2.48. The van der Waals surface area contributed by atoms with E-state index in [1.165, 1.54) is 70.6 Å². The van der Waals surface area contributed by atoms with Crippen LogP contribution in [0.3, 0.4) is 0 Å². The fourth-order valence-electron chi connectivity index (χ4n) is 9.37. The van der Waals surface area contributed by atoms with Crippen LogP contribution >= 0.6 is 0 Å². The van der Waals surface area contributed by atoms with E-state index in [-0.39, 0.29) is 18.9 Å². The number of carbonyl (C=O) groups excluding carboxylic acids is 1. The van der Waals surface area contributed by atoms with Crippen LogP contribution < -0.4 is 5.32 Å². The van der Waals surface area contributed by atoms with E-state index in [0.29, 0.717) is 6.42 Å². The lowest BCUT2D eigenvalue weighted by atomic mass is 9.96. The molecule has 0 aliphatic carbocycles. The third-order valence-electron chi connectivity index (χ3n) is 14.1. The van der Waals surface area contributed by atoms with Gasteiger partial charge in [-0.05, 0) is 57.8 Å². The molecule has 19 nitrogen and oxygen atoms in total. The van der Waals surface area contributed by atoms with E-state index >= 15 is 0 Å². The SMILES string of the molecule is CCCCC/C=C/C(O)C(COC1OC(CO)C(OC2OC(CO)C(OC3OC(CO)C(O)C(O)C3O)C(O)C2O)C(O)C1O)NC(=O)CCCCCCCCCCCC/C=C\C/C=C\C/C=C\CCCCCCC. The van der Waals surface area contributed by atoms with E-state index in [1.54, 1.807) is 6.08 Å². The van der Waals surface area contributed by atoms with Crippen molar-refractivity contribution in [1.82, 2.24) is 5.32 Å². The second-order valence-electron chi connectivity index (χ2n) is 20.4. The molecule has 0 spiro atoms. The van der Waals surface area contributed by atoms with Crippen LogP contribution in [0.4, 0.5) is 0 Å². The van der Waals surface area contributed by atoms with Gasteiger partial charge in [0.2, 0.25) is 5.91 Å². The van der Waals surface area contributed by atoms with Crippen molar-refractivity contribution in [3.8, 4) is 0 Å². The summed E-state index contributed by atoms with van der Waals surface area (Å²) in [5, 5.41) is 119. The van der Waals surface area contributed by atoms with Crippen molar-refractivity contribution in [3.63, 3.8) is 0 Å². The molecule has 12 N–H and O–H groups in total. The first-order chi connectivity index (χ1) is 36.3. The maximum atomic E-state index is 13.2. The van der Waals surface area contributed by atoms with E-state index in [1.807, 2.05) is 6.08 Å². The zero-order chi connectivity index (χ0) is 54.8. The molecule has 0 aromatic carbocycles. The van der Waals surface area contributed by atoms with Crippen LogP contribution in [-0.2, 0) is 33.2 Å². The van der Waals surface area contributed by atoms with Gasteiger partial charge in [-0.15, -0.1) is 0 Å². The van der Waals surface area contributed by atoms with Gasteiger partial charge in [0.15, 0.2) is 18.9 Å². The molecule has 17 atom stereocenters. The number of carbonyl (C=O) groups is 1. The highest BCUT2D eigenvalue weighted by Gasteiger charge is 2.53. The minimum Gasteiger partial charge on any atom is -0.394 e. The van der Waals surface area contributed by atoms with Gasteiger partial charge in [0.25, 0.3) is 0 Å². The maximum absolute atomic E-state index is 13.2. The highest BCUT2D eigenvalue weighted by molar-refractivity contribution is 5.76. The summed E-state index contributed by atoms with van der Waals surface area (Å²) in [4.78, 5) is 13.2. The number of nitrogens with one attached hydrogen (secondary N) is 1. The maximum Gasteiger partial charge on any atom is 0.220 e. The minimum atomic E-state index is -1.98. The highest BCUT2D eigenvalue weighted by Crippen LogP contribution is 2.33. The van der Waals surface area contributed by atoms with E-state index < -0.39 is 124 Å². The number of rotatable bonds is 40. The first-order valence-electron chi connectivity index (χ1n) is 28.4. The lowest BCUT2D eigenvalue weighted by molar-refractivity contribution is -0.379. The Kier molecular flexibility index (Phi) is 35.8. The Morgan fingerprint density at radius 3 is 1.40 bits per heavy atom. The monoisotopic (exact) mass is 1070 g/mol. The van der Waals surface area contributed by atoms with Crippen molar-refractivity contribution >= 4 is 5.91 Å². The number of aliphatic hydroxyl groups is 11. The quantitative estimate of drug-likeness (QED) is 0.0306. The van der Waals surface area contributed by atoms with Gasteiger partial charge in [0.1, 0.15) is 73.2 Å². The van der Waals surface area contributed by atoms with Crippen molar-refractivity contribution in [1.29, 1.82) is 0 Å². The number of amides is 1. The van der Waals surface area contributed by atoms with Gasteiger partial charge < -0.3 is 89.9 Å². The molecule has 3 aliphatic heterocycles. The van der Waals surface area contributed by atoms with E-state index in [9.17, 15) is 61.0 Å². The van der Waals surface area contributed by atoms with Gasteiger partial charge in [-0.25, -0.2) is 0 Å². The van der Waals surface area contributed by atoms with Crippen molar-refractivity contribution < 1.29 is 89.4 Å². The van der Waals surface area contributed by atoms with Crippen molar-refractivity contribution in [2.24, 2.45) is 0 Å². The second-order valence-corrected chi connectivity index (χ2v) is 20.4. The Labute approximate surface area is 446 Å². The molecule has 0 aromatic heterocycles. The van der Waals surface area contributed by atoms with Crippen LogP contribution in [0.2, 0.25) is 0 Å². The summed E-state index contributed by atoms with van der Waals surface area (Å²) in [5.74, 6) is -0.290. The standard InChI is InChI=1S/C56H99NO18/c1-3-5-7-9-10-11-12-13-14-15-16-17-18-19-20-21-22-23-24-25-26-27-28-30-32-34-44(62)57-39(40(61)33-31-29-8-6-4-2)38-70-54-50(68)47(65)52(42(36-59)72-54)75-56-51(69)48(66)53(43(37-60)73-56)74-55-49(67)46(64)45(63)41(35-58)71-55/h12-13,15-16,18-19,31,33,39-43,45-56,58-61,63-69H,3-11,14,17,20-30,32,34-38H2,1-2H3,(H,57,62)/b13-12-,16-15-,19-18-,33-31+. The van der Waals surface area contributed by atoms with Crippen LogP contribution in [0.1, 0.15) is 168 Å². The minimum absolute atomic E-state index is 0.235. The first kappa shape index (κ1) is 67.0. The summed E-state index contributed by atoms with van der Waals surface area (Å²) in [6, 6.07) is -0.972. The third-order valence-corrected chi connectivity index (χ3v) is 14.1. The Balaban J connectivity index is 1.39. The fraction of sp³-hybridized carbons (Fsp3) is 0.839. The lowest BCUT2D eigenvalue weighted by Crippen LogP contribution is -2.66. The zero-order valence-electron chi connectivity index (χ0n) is 45.0. The number of hydrogen-bond donors (Lipinski definition) is 12. The molecule has 3 fully saturated rings. The van der Waals surface area contributed by atoms with Crippen molar-refractivity contribution in [2.45, 2.75) is 272 Å². The average Bonchev–Trinajstić information content (AvgIpc) is 3.41. The highest BCUT2D eigenvalue weighted by atomic mass is 16.8. The molecule has 1 amide bonds. The van der Waals surface area contributed by atoms with Gasteiger partial charge in [0, 0.05) is 6.42 Å². The molecule has 3 rings (SSSR count). The van der Waals surface area contributed by atoms with E-state index in [0.717, 1.165) is 70.6 Å². The molecule has 0 bridgehead atoms. The summed E-state index contributed by atoms with van der Waals surface area (Å²) >= 11 is 0. The van der Waals surface area contributed by atoms with E-state index in [4.69, 9.17) is 28.4 Å². The Hall–Kier alpha value is -2.25. The predicted octanol–water partition coefficient (Wildman–Crippen LogP) is 3.92. The van der Waals surface area contributed by atoms with Crippen LogP contribution in [0.25, 0.3) is 0 Å². The first-order valence-corrected chi connectivity index (χ1v) is 28.4. The number of hydrogen-bond acceptors (Lipinski definition) is 18. The molecular weight excluding hydrogens is 975 g/mol. The summed E-state index contributed by atoms with van der Waals surface area (Å²) < 4.78 is 34.0. The molecule has 17 unspecified atom stereocenters. The van der Waals surface area contributed by atoms with Crippen LogP contribution in [0.15, 0.2) is 48.6 Å². The summed E-state index contributed by atoms with van der Waals surface area (Å²) in [6.07, 6.45) is 16.1. The van der Waals surface area contributed by atoms with Crippen molar-refractivity contribution in [3.05, 3.63) is 48.6 Å². The van der Waals surface area contributed by atoms with Crippen LogP contribution in [0, 0.1) is 0 Å². The Morgan fingerprint density at radius 2 is 0.880 bits per heavy atom. The molecule has 0 saturated carbocycles. The van der Waals surface area contributed by atoms with Gasteiger partial charge in [0.05, 0.1) is 38.6 Å². The Bertz CT molecular complexity index is 1570. The second kappa shape index (κ2) is 40.0. The zero-order valence-corrected chi connectivity index (χ0v) is 45.0. The molecular formula is C56H99NO18. The number of unbranched alkanes of at least 4 members (excludes halogenated alkanes) is 18. The largest absolute Gasteiger partial charge is 0.394 e. The fourth-order valence-corrected chi connectivity index (χ4v) is 9.37. The molecule has 436 valence electrons. The number of aliphatic hydroxyl groups excluding tert-OH is 11. The van der Waals surface area contributed by atoms with Gasteiger partial charge in [-0.3, -0.25) is 4.79 Å². The average molecular weight is 1070 g/mol. The number of ether oxygens (including phenoxy) is 6. The topological polar surface area (TPSA) is 307 Å². The molecule has 0 radical (unpaired) electrons. The Morgan fingerprint density at radius 1 is 0.480 bits per heavy atom. The molecule has 3 aliphatic rings. The summed E-state index contributed by atoms with van der Waals surface area (Å²) in [7, 11) is 0. The molecule has 3 heterocycles. The molecule has 75 heavy (non-hydrogen) atoms.